The minimum absolute atomic E-state index is 0.0385. The molecule has 3 rings (SSSR count). The summed E-state index contributed by atoms with van der Waals surface area (Å²) in [5.74, 6) is 0.371. The van der Waals surface area contributed by atoms with Crippen LogP contribution in [-0.4, -0.2) is 35.9 Å². The summed E-state index contributed by atoms with van der Waals surface area (Å²) in [4.78, 5) is 17.1. The van der Waals surface area contributed by atoms with Gasteiger partial charge in [0.1, 0.15) is 0 Å². The number of thiazole rings is 1. The Morgan fingerprint density at radius 1 is 1.48 bits per heavy atom. The maximum Gasteiger partial charge on any atom is 0.229 e. The van der Waals surface area contributed by atoms with Crippen molar-refractivity contribution in [1.82, 2.24) is 9.29 Å². The number of nitrogens with one attached hydrogen (secondary N) is 1. The first-order valence-electron chi connectivity index (χ1n) is 7.27. The van der Waals surface area contributed by atoms with E-state index in [2.05, 4.69) is 10.3 Å². The number of anilines is 1. The smallest absolute Gasteiger partial charge is 0.229 e. The lowest BCUT2D eigenvalue weighted by atomic mass is 10.2. The Morgan fingerprint density at radius 2 is 2.24 bits per heavy atom. The number of hydrogen-bond donors (Lipinski definition) is 1. The van der Waals surface area contributed by atoms with Gasteiger partial charge in [-0.3, -0.25) is 4.79 Å². The molecule has 1 aliphatic heterocycles. The predicted octanol–water partition coefficient (Wildman–Crippen LogP) is 1.59. The lowest BCUT2D eigenvalue weighted by Gasteiger charge is -2.25. The third-order valence-electron chi connectivity index (χ3n) is 3.73. The molecule has 0 radical (unpaired) electrons. The van der Waals surface area contributed by atoms with E-state index in [1.165, 1.54) is 15.6 Å². The summed E-state index contributed by atoms with van der Waals surface area (Å²) in [5, 5.41) is 3.44. The highest BCUT2D eigenvalue weighted by Gasteiger charge is 2.32. The number of carbonyl (C=O) groups is 1. The summed E-state index contributed by atoms with van der Waals surface area (Å²) in [6.45, 7) is 2.73. The predicted molar refractivity (Wildman–Crippen MR) is 81.7 cm³/mol. The lowest BCUT2D eigenvalue weighted by Crippen LogP contribution is -2.36. The quantitative estimate of drug-likeness (QED) is 0.889. The van der Waals surface area contributed by atoms with Crippen molar-refractivity contribution in [2.24, 2.45) is 5.92 Å². The van der Waals surface area contributed by atoms with E-state index in [-0.39, 0.29) is 17.6 Å². The Kier molecular flexibility index (Phi) is 4.02. The molecule has 0 bridgehead atoms. The molecule has 21 heavy (non-hydrogen) atoms. The van der Waals surface area contributed by atoms with Gasteiger partial charge in [0.2, 0.25) is 15.9 Å². The highest BCUT2D eigenvalue weighted by atomic mass is 32.2. The van der Waals surface area contributed by atoms with E-state index in [0.29, 0.717) is 31.1 Å². The van der Waals surface area contributed by atoms with Crippen LogP contribution in [0.4, 0.5) is 5.13 Å². The third-order valence-corrected chi connectivity index (χ3v) is 6.75. The zero-order chi connectivity index (χ0) is 15.0. The molecule has 1 aromatic rings. The molecule has 1 amide bonds. The monoisotopic (exact) mass is 329 g/mol. The summed E-state index contributed by atoms with van der Waals surface area (Å²) in [6.07, 6.45) is 3.16. The van der Waals surface area contributed by atoms with E-state index in [4.69, 9.17) is 0 Å². The first kappa shape index (κ1) is 14.9. The molecule has 0 saturated heterocycles. The second-order valence-corrected chi connectivity index (χ2v) is 8.72. The van der Waals surface area contributed by atoms with Crippen LogP contribution in [0.5, 0.6) is 0 Å². The molecule has 1 saturated carbocycles. The number of carbonyl (C=O) groups excluding carboxylic acids is 1. The fourth-order valence-corrected chi connectivity index (χ4v) is 4.98. The molecular formula is C13H19N3O3S2. The van der Waals surface area contributed by atoms with Crippen molar-refractivity contribution in [3.63, 3.8) is 0 Å². The van der Waals surface area contributed by atoms with Crippen molar-refractivity contribution in [3.05, 3.63) is 10.6 Å². The van der Waals surface area contributed by atoms with Crippen LogP contribution in [-0.2, 0) is 27.8 Å². The van der Waals surface area contributed by atoms with Gasteiger partial charge in [-0.1, -0.05) is 6.92 Å². The second kappa shape index (κ2) is 5.66. The summed E-state index contributed by atoms with van der Waals surface area (Å²) in [7, 11) is -3.17. The molecule has 0 spiro atoms. The normalized spacial score (nSPS) is 19.3. The fraction of sp³-hybridized carbons (Fsp3) is 0.692. The van der Waals surface area contributed by atoms with Gasteiger partial charge in [0, 0.05) is 30.3 Å². The van der Waals surface area contributed by atoms with Gasteiger partial charge in [-0.25, -0.2) is 13.4 Å². The molecule has 0 atom stereocenters. The molecule has 1 N–H and O–H groups in total. The van der Waals surface area contributed by atoms with Crippen LogP contribution in [0.1, 0.15) is 36.8 Å². The molecule has 2 aliphatic rings. The number of hydrogen-bond acceptors (Lipinski definition) is 5. The van der Waals surface area contributed by atoms with Gasteiger partial charge < -0.3 is 5.32 Å². The zero-order valence-corrected chi connectivity index (χ0v) is 13.6. The average Bonchev–Trinajstić information content (AvgIpc) is 3.19. The van der Waals surface area contributed by atoms with E-state index in [9.17, 15) is 13.2 Å². The Labute approximate surface area is 128 Å². The highest BCUT2D eigenvalue weighted by Crippen LogP contribution is 2.33. The summed E-state index contributed by atoms with van der Waals surface area (Å²) >= 11 is 1.40. The first-order chi connectivity index (χ1) is 9.99. The molecule has 1 aliphatic carbocycles. The maximum atomic E-state index is 12.1. The molecule has 116 valence electrons. The molecule has 1 fully saturated rings. The van der Waals surface area contributed by atoms with E-state index < -0.39 is 10.0 Å². The molecule has 0 aromatic carbocycles. The second-order valence-electron chi connectivity index (χ2n) is 5.55. The Balaban J connectivity index is 1.71. The van der Waals surface area contributed by atoms with E-state index >= 15 is 0 Å². The largest absolute Gasteiger partial charge is 0.302 e. The fourth-order valence-electron chi connectivity index (χ4n) is 2.40. The number of fused-ring (bicyclic) bond motifs is 1. The van der Waals surface area contributed by atoms with Crippen molar-refractivity contribution in [1.29, 1.82) is 0 Å². The van der Waals surface area contributed by atoms with Gasteiger partial charge in [0.25, 0.3) is 0 Å². The first-order valence-corrected chi connectivity index (χ1v) is 9.69. The Bertz CT molecular complexity index is 650. The van der Waals surface area contributed by atoms with Crippen molar-refractivity contribution < 1.29 is 13.2 Å². The summed E-state index contributed by atoms with van der Waals surface area (Å²) < 4.78 is 25.8. The van der Waals surface area contributed by atoms with Crippen LogP contribution >= 0.6 is 11.3 Å². The maximum absolute atomic E-state index is 12.1. The van der Waals surface area contributed by atoms with E-state index in [1.54, 1.807) is 0 Å². The van der Waals surface area contributed by atoms with Crippen molar-refractivity contribution in [3.8, 4) is 0 Å². The van der Waals surface area contributed by atoms with Crippen LogP contribution in [0.15, 0.2) is 0 Å². The van der Waals surface area contributed by atoms with Crippen LogP contribution in [0, 0.1) is 5.92 Å². The number of nitrogens with zero attached hydrogens (tertiary/aromatic N) is 2. The number of amides is 1. The molecule has 2 heterocycles. The minimum atomic E-state index is -3.17. The molecule has 1 aromatic heterocycles. The lowest BCUT2D eigenvalue weighted by molar-refractivity contribution is -0.117. The number of sulfonamides is 1. The summed E-state index contributed by atoms with van der Waals surface area (Å²) in [6, 6.07) is 0. The van der Waals surface area contributed by atoms with E-state index in [1.807, 2.05) is 6.92 Å². The third kappa shape index (κ3) is 3.27. The summed E-state index contributed by atoms with van der Waals surface area (Å²) in [5.41, 5.74) is 0.925. The average molecular weight is 329 g/mol. The standard InChI is InChI=1S/C13H19N3O3S2/c1-2-7-21(18,19)16-6-5-10-11(8-16)20-13(14-10)15-12(17)9-3-4-9/h9H,2-8H2,1H3,(H,14,15,17). The Morgan fingerprint density at radius 3 is 2.90 bits per heavy atom. The van der Waals surface area contributed by atoms with Crippen LogP contribution in [0.2, 0.25) is 0 Å². The Hall–Kier alpha value is -0.990. The number of rotatable bonds is 5. The molecule has 8 heteroatoms. The van der Waals surface area contributed by atoms with Crippen molar-refractivity contribution in [2.75, 3.05) is 17.6 Å². The minimum Gasteiger partial charge on any atom is -0.302 e. The van der Waals surface area contributed by atoms with Crippen molar-refractivity contribution >= 4 is 32.4 Å². The van der Waals surface area contributed by atoms with Gasteiger partial charge in [0.05, 0.1) is 11.4 Å². The molecular weight excluding hydrogens is 310 g/mol. The SMILES string of the molecule is CCCS(=O)(=O)N1CCc2nc(NC(=O)C3CC3)sc2C1. The van der Waals surface area contributed by atoms with Gasteiger partial charge >= 0.3 is 0 Å². The van der Waals surface area contributed by atoms with Gasteiger partial charge in [0.15, 0.2) is 5.13 Å². The van der Waals surface area contributed by atoms with E-state index in [0.717, 1.165) is 23.4 Å². The zero-order valence-electron chi connectivity index (χ0n) is 12.0. The molecule has 6 nitrogen and oxygen atoms in total. The highest BCUT2D eigenvalue weighted by molar-refractivity contribution is 7.89. The molecule has 0 unspecified atom stereocenters. The number of aromatic nitrogens is 1. The van der Waals surface area contributed by atoms with Gasteiger partial charge in [-0.05, 0) is 19.3 Å². The van der Waals surface area contributed by atoms with Crippen molar-refractivity contribution in [2.45, 2.75) is 39.2 Å². The topological polar surface area (TPSA) is 79.4 Å². The van der Waals surface area contributed by atoms with Gasteiger partial charge in [-0.2, -0.15) is 4.31 Å². The van der Waals surface area contributed by atoms with Crippen LogP contribution in [0.3, 0.4) is 0 Å². The van der Waals surface area contributed by atoms with Crippen LogP contribution < -0.4 is 5.32 Å². The van der Waals surface area contributed by atoms with Gasteiger partial charge in [-0.15, -0.1) is 11.3 Å². The van der Waals surface area contributed by atoms with Crippen LogP contribution in [0.25, 0.3) is 0 Å².